The first-order valence-electron chi connectivity index (χ1n) is 4.78. The molecule has 2 N–H and O–H groups in total. The molecule has 0 aliphatic heterocycles. The quantitative estimate of drug-likeness (QED) is 0.851. The van der Waals surface area contributed by atoms with Crippen LogP contribution in [-0.4, -0.2) is 11.8 Å². The molecule has 0 saturated heterocycles. The van der Waals surface area contributed by atoms with E-state index < -0.39 is 0 Å². The van der Waals surface area contributed by atoms with E-state index in [2.05, 4.69) is 48.0 Å². The Bertz CT molecular complexity index is 299. The third-order valence-corrected chi connectivity index (χ3v) is 3.55. The predicted octanol–water partition coefficient (Wildman–Crippen LogP) is 3.45. The topological polar surface area (TPSA) is 26.0 Å². The van der Waals surface area contributed by atoms with Crippen LogP contribution in [0.5, 0.6) is 0 Å². The van der Waals surface area contributed by atoms with Crippen LogP contribution in [0.2, 0.25) is 0 Å². The Morgan fingerprint density at radius 2 is 2.14 bits per heavy atom. The van der Waals surface area contributed by atoms with Crippen LogP contribution >= 0.6 is 27.7 Å². The minimum atomic E-state index is 0.627. The van der Waals surface area contributed by atoms with Crippen molar-refractivity contribution in [3.63, 3.8) is 0 Å². The molecule has 0 amide bonds. The van der Waals surface area contributed by atoms with E-state index in [1.165, 1.54) is 14.9 Å². The largest absolute Gasteiger partial charge is 0.330 e. The average Bonchev–Trinajstić information content (AvgIpc) is 2.09. The zero-order valence-corrected chi connectivity index (χ0v) is 11.0. The van der Waals surface area contributed by atoms with Gasteiger partial charge < -0.3 is 5.73 Å². The van der Waals surface area contributed by atoms with Crippen molar-refractivity contribution in [2.45, 2.75) is 30.4 Å². The number of rotatable bonds is 4. The summed E-state index contributed by atoms with van der Waals surface area (Å²) in [5.74, 6) is 0. The van der Waals surface area contributed by atoms with Gasteiger partial charge in [-0.1, -0.05) is 35.8 Å². The Morgan fingerprint density at radius 1 is 1.43 bits per heavy atom. The van der Waals surface area contributed by atoms with Gasteiger partial charge in [0.1, 0.15) is 0 Å². The second-order valence-electron chi connectivity index (χ2n) is 3.46. The molecule has 0 atom stereocenters. The number of nitrogens with two attached hydrogens (primary N) is 1. The van der Waals surface area contributed by atoms with Gasteiger partial charge in [0, 0.05) is 14.6 Å². The first kappa shape index (κ1) is 12.1. The number of hydrogen-bond acceptors (Lipinski definition) is 2. The van der Waals surface area contributed by atoms with Crippen LogP contribution in [-0.2, 0) is 6.42 Å². The lowest BCUT2D eigenvalue weighted by molar-refractivity contribution is 0.960. The molecular formula is C11H16BrNS. The third-order valence-electron chi connectivity index (χ3n) is 1.81. The highest BCUT2D eigenvalue weighted by molar-refractivity contribution is 9.10. The van der Waals surface area contributed by atoms with Crippen molar-refractivity contribution in [3.8, 4) is 0 Å². The second kappa shape index (κ2) is 5.79. The fraction of sp³-hybridized carbons (Fsp3) is 0.455. The van der Waals surface area contributed by atoms with Crippen LogP contribution in [0, 0.1) is 0 Å². The standard InChI is InChI=1S/C11H16BrNS/c1-8(2)14-10-4-3-9(5-6-13)11(12)7-10/h3-4,7-8H,5-6,13H2,1-2H3. The zero-order valence-electron chi connectivity index (χ0n) is 8.59. The maximum absolute atomic E-state index is 5.52. The fourth-order valence-corrected chi connectivity index (χ4v) is 2.84. The minimum Gasteiger partial charge on any atom is -0.330 e. The molecule has 0 radical (unpaired) electrons. The van der Waals surface area contributed by atoms with Crippen LogP contribution in [0.15, 0.2) is 27.6 Å². The molecule has 0 saturated carbocycles. The van der Waals surface area contributed by atoms with E-state index in [1.54, 1.807) is 0 Å². The van der Waals surface area contributed by atoms with Gasteiger partial charge in [-0.3, -0.25) is 0 Å². The monoisotopic (exact) mass is 273 g/mol. The summed E-state index contributed by atoms with van der Waals surface area (Å²) < 4.78 is 1.17. The Morgan fingerprint density at radius 3 is 2.64 bits per heavy atom. The predicted molar refractivity (Wildman–Crippen MR) is 67.9 cm³/mol. The molecule has 0 heterocycles. The van der Waals surface area contributed by atoms with Crippen LogP contribution in [0.25, 0.3) is 0 Å². The summed E-state index contributed by atoms with van der Waals surface area (Å²) in [5.41, 5.74) is 6.81. The molecule has 14 heavy (non-hydrogen) atoms. The Kier molecular flexibility index (Phi) is 4.99. The molecule has 3 heteroatoms. The highest BCUT2D eigenvalue weighted by atomic mass is 79.9. The SMILES string of the molecule is CC(C)Sc1ccc(CCN)c(Br)c1. The van der Waals surface area contributed by atoms with Crippen molar-refractivity contribution in [2.75, 3.05) is 6.54 Å². The molecule has 0 spiro atoms. The van der Waals surface area contributed by atoms with E-state index in [-0.39, 0.29) is 0 Å². The Balaban J connectivity index is 2.78. The van der Waals surface area contributed by atoms with Crippen molar-refractivity contribution < 1.29 is 0 Å². The highest BCUT2D eigenvalue weighted by Gasteiger charge is 2.02. The normalized spacial score (nSPS) is 10.9. The van der Waals surface area contributed by atoms with Gasteiger partial charge >= 0.3 is 0 Å². The molecule has 0 aliphatic rings. The molecule has 0 aliphatic carbocycles. The van der Waals surface area contributed by atoms with Gasteiger partial charge in [0.05, 0.1) is 0 Å². The molecule has 0 bridgehead atoms. The van der Waals surface area contributed by atoms with Crippen molar-refractivity contribution in [3.05, 3.63) is 28.2 Å². The molecule has 1 nitrogen and oxygen atoms in total. The number of hydrogen-bond donors (Lipinski definition) is 1. The van der Waals surface area contributed by atoms with E-state index in [0.717, 1.165) is 6.42 Å². The van der Waals surface area contributed by atoms with E-state index >= 15 is 0 Å². The van der Waals surface area contributed by atoms with Gasteiger partial charge in [0.2, 0.25) is 0 Å². The van der Waals surface area contributed by atoms with E-state index in [0.29, 0.717) is 11.8 Å². The molecule has 0 unspecified atom stereocenters. The van der Waals surface area contributed by atoms with Gasteiger partial charge in [-0.15, -0.1) is 11.8 Å². The van der Waals surface area contributed by atoms with Crippen molar-refractivity contribution >= 4 is 27.7 Å². The van der Waals surface area contributed by atoms with Crippen LogP contribution < -0.4 is 5.73 Å². The maximum atomic E-state index is 5.52. The van der Waals surface area contributed by atoms with Gasteiger partial charge in [-0.25, -0.2) is 0 Å². The summed E-state index contributed by atoms with van der Waals surface area (Å²) in [6.45, 7) is 5.11. The number of benzene rings is 1. The molecule has 0 aromatic heterocycles. The van der Waals surface area contributed by atoms with Gasteiger partial charge in [0.15, 0.2) is 0 Å². The molecule has 0 fully saturated rings. The maximum Gasteiger partial charge on any atom is 0.0218 e. The van der Waals surface area contributed by atoms with Crippen molar-refractivity contribution in [2.24, 2.45) is 5.73 Å². The van der Waals surface area contributed by atoms with Crippen LogP contribution in [0.4, 0.5) is 0 Å². The first-order valence-corrected chi connectivity index (χ1v) is 6.46. The lowest BCUT2D eigenvalue weighted by atomic mass is 10.1. The lowest BCUT2D eigenvalue weighted by Gasteiger charge is -2.08. The first-order chi connectivity index (χ1) is 6.63. The van der Waals surface area contributed by atoms with Crippen molar-refractivity contribution in [1.29, 1.82) is 0 Å². The van der Waals surface area contributed by atoms with Crippen LogP contribution in [0.1, 0.15) is 19.4 Å². The minimum absolute atomic E-state index is 0.627. The summed E-state index contributed by atoms with van der Waals surface area (Å²) in [7, 11) is 0. The number of thioether (sulfide) groups is 1. The van der Waals surface area contributed by atoms with Gasteiger partial charge in [-0.05, 0) is 30.7 Å². The summed E-state index contributed by atoms with van der Waals surface area (Å²) >= 11 is 5.45. The summed E-state index contributed by atoms with van der Waals surface area (Å²) in [5, 5.41) is 0.627. The Hall–Kier alpha value is 0.01000. The smallest absolute Gasteiger partial charge is 0.0218 e. The van der Waals surface area contributed by atoms with E-state index in [9.17, 15) is 0 Å². The second-order valence-corrected chi connectivity index (χ2v) is 5.96. The fourth-order valence-electron chi connectivity index (χ4n) is 1.23. The molecular weight excluding hydrogens is 258 g/mol. The molecule has 78 valence electrons. The van der Waals surface area contributed by atoms with Crippen molar-refractivity contribution in [1.82, 2.24) is 0 Å². The Labute approximate surface area is 98.6 Å². The molecule has 1 rings (SSSR count). The van der Waals surface area contributed by atoms with E-state index in [4.69, 9.17) is 5.73 Å². The highest BCUT2D eigenvalue weighted by Crippen LogP contribution is 2.28. The molecule has 1 aromatic carbocycles. The summed E-state index contributed by atoms with van der Waals surface area (Å²) in [4.78, 5) is 1.31. The number of halogens is 1. The third kappa shape index (κ3) is 3.64. The lowest BCUT2D eigenvalue weighted by Crippen LogP contribution is -2.03. The summed E-state index contributed by atoms with van der Waals surface area (Å²) in [6, 6.07) is 6.50. The van der Waals surface area contributed by atoms with Gasteiger partial charge in [-0.2, -0.15) is 0 Å². The van der Waals surface area contributed by atoms with E-state index in [1.807, 2.05) is 11.8 Å². The van der Waals surface area contributed by atoms with Gasteiger partial charge in [0.25, 0.3) is 0 Å². The average molecular weight is 274 g/mol. The summed E-state index contributed by atoms with van der Waals surface area (Å²) in [6.07, 6.45) is 0.938. The zero-order chi connectivity index (χ0) is 10.6. The van der Waals surface area contributed by atoms with Crippen LogP contribution in [0.3, 0.4) is 0 Å². The molecule has 1 aromatic rings.